The average Bonchev–Trinajstić information content (AvgIpc) is 2.51. The molecule has 0 radical (unpaired) electrons. The van der Waals surface area contributed by atoms with Gasteiger partial charge in [-0.3, -0.25) is 0 Å². The minimum Gasteiger partial charge on any atom is -0.542 e. The lowest BCUT2D eigenvalue weighted by Crippen LogP contribution is -2.22. The van der Waals surface area contributed by atoms with Crippen molar-refractivity contribution in [3.63, 3.8) is 0 Å². The van der Waals surface area contributed by atoms with Gasteiger partial charge in [0.25, 0.3) is 0 Å². The standard InChI is InChI=1S/C12H12O3/c1-6-4-5-9-8(3)11(12(13)14)15-10(9)7(6)2/h4-5H,1-3H3,(H,13,14)/p-1. The second kappa shape index (κ2) is 3.12. The zero-order valence-corrected chi connectivity index (χ0v) is 8.88. The number of carboxylic acid groups (broad SMARTS) is 1. The van der Waals surface area contributed by atoms with Crippen molar-refractivity contribution in [2.75, 3.05) is 0 Å². The van der Waals surface area contributed by atoms with E-state index in [9.17, 15) is 9.90 Å². The van der Waals surface area contributed by atoms with E-state index in [1.165, 1.54) is 0 Å². The Bertz CT molecular complexity index is 549. The van der Waals surface area contributed by atoms with Crippen molar-refractivity contribution >= 4 is 16.9 Å². The molecule has 0 bridgehead atoms. The number of benzene rings is 1. The molecule has 0 aliphatic rings. The zero-order valence-electron chi connectivity index (χ0n) is 8.88. The predicted molar refractivity (Wildman–Crippen MR) is 54.8 cm³/mol. The van der Waals surface area contributed by atoms with Crippen LogP contribution in [-0.2, 0) is 0 Å². The SMILES string of the molecule is Cc1ccc2c(C)c(C(=O)[O-])oc2c1C. The highest BCUT2D eigenvalue weighted by Gasteiger charge is 2.13. The Labute approximate surface area is 87.3 Å². The number of hydrogen-bond acceptors (Lipinski definition) is 3. The van der Waals surface area contributed by atoms with Gasteiger partial charge >= 0.3 is 0 Å². The van der Waals surface area contributed by atoms with Crippen LogP contribution in [0.1, 0.15) is 27.2 Å². The third-order valence-electron chi connectivity index (χ3n) is 2.81. The molecule has 1 aromatic carbocycles. The fourth-order valence-electron chi connectivity index (χ4n) is 1.71. The van der Waals surface area contributed by atoms with E-state index in [1.807, 2.05) is 26.0 Å². The van der Waals surface area contributed by atoms with Crippen molar-refractivity contribution in [1.82, 2.24) is 0 Å². The second-order valence-electron chi connectivity index (χ2n) is 3.73. The molecule has 0 amide bonds. The zero-order chi connectivity index (χ0) is 11.2. The van der Waals surface area contributed by atoms with Crippen molar-refractivity contribution < 1.29 is 14.3 Å². The second-order valence-corrected chi connectivity index (χ2v) is 3.73. The van der Waals surface area contributed by atoms with Gasteiger partial charge in [-0.1, -0.05) is 12.1 Å². The normalized spacial score (nSPS) is 10.9. The molecular formula is C12H11O3-. The van der Waals surface area contributed by atoms with E-state index in [4.69, 9.17) is 4.42 Å². The molecule has 3 nitrogen and oxygen atoms in total. The molecule has 1 heterocycles. The highest BCUT2D eigenvalue weighted by atomic mass is 16.4. The van der Waals surface area contributed by atoms with Crippen LogP contribution in [0, 0.1) is 20.8 Å². The maximum Gasteiger partial charge on any atom is 0.153 e. The first-order chi connectivity index (χ1) is 7.02. The van der Waals surface area contributed by atoms with Crippen LogP contribution in [0.5, 0.6) is 0 Å². The first-order valence-corrected chi connectivity index (χ1v) is 4.73. The number of carbonyl (C=O) groups excluding carboxylic acids is 1. The molecule has 2 aromatic rings. The Morgan fingerprint density at radius 2 is 1.87 bits per heavy atom. The smallest absolute Gasteiger partial charge is 0.153 e. The van der Waals surface area contributed by atoms with E-state index in [-0.39, 0.29) is 5.76 Å². The average molecular weight is 203 g/mol. The summed E-state index contributed by atoms with van der Waals surface area (Å²) in [4.78, 5) is 10.8. The van der Waals surface area contributed by atoms with E-state index in [1.54, 1.807) is 6.92 Å². The van der Waals surface area contributed by atoms with Crippen LogP contribution in [-0.4, -0.2) is 5.97 Å². The summed E-state index contributed by atoms with van der Waals surface area (Å²) in [6.07, 6.45) is 0. The number of fused-ring (bicyclic) bond motifs is 1. The Hall–Kier alpha value is -1.77. The van der Waals surface area contributed by atoms with Crippen molar-refractivity contribution in [2.45, 2.75) is 20.8 Å². The molecule has 0 aliphatic carbocycles. The van der Waals surface area contributed by atoms with Crippen LogP contribution in [0.15, 0.2) is 16.5 Å². The van der Waals surface area contributed by atoms with Crippen molar-refractivity contribution in [3.05, 3.63) is 34.6 Å². The summed E-state index contributed by atoms with van der Waals surface area (Å²) >= 11 is 0. The summed E-state index contributed by atoms with van der Waals surface area (Å²) in [6, 6.07) is 3.84. The van der Waals surface area contributed by atoms with Crippen molar-refractivity contribution in [3.8, 4) is 0 Å². The van der Waals surface area contributed by atoms with Gasteiger partial charge in [-0.2, -0.15) is 0 Å². The van der Waals surface area contributed by atoms with Gasteiger partial charge in [-0.25, -0.2) is 0 Å². The monoisotopic (exact) mass is 203 g/mol. The van der Waals surface area contributed by atoms with Gasteiger partial charge in [-0.15, -0.1) is 0 Å². The molecule has 1 aromatic heterocycles. The minimum absolute atomic E-state index is 0.0706. The number of furan rings is 1. The van der Waals surface area contributed by atoms with Gasteiger partial charge in [0.2, 0.25) is 0 Å². The number of carbonyl (C=O) groups is 1. The summed E-state index contributed by atoms with van der Waals surface area (Å²) < 4.78 is 5.31. The molecule has 0 unspecified atom stereocenters. The van der Waals surface area contributed by atoms with E-state index in [0.29, 0.717) is 11.1 Å². The Balaban J connectivity index is 2.88. The van der Waals surface area contributed by atoms with Gasteiger partial charge in [0.05, 0.1) is 0 Å². The topological polar surface area (TPSA) is 53.3 Å². The summed E-state index contributed by atoms with van der Waals surface area (Å²) in [5, 5.41) is 11.6. The summed E-state index contributed by atoms with van der Waals surface area (Å²) in [7, 11) is 0. The number of aromatic carboxylic acids is 1. The molecule has 0 N–H and O–H groups in total. The highest BCUT2D eigenvalue weighted by molar-refractivity contribution is 5.95. The molecule has 0 saturated carbocycles. The maximum atomic E-state index is 10.8. The molecule has 2 rings (SSSR count). The quantitative estimate of drug-likeness (QED) is 0.709. The molecule has 15 heavy (non-hydrogen) atoms. The highest BCUT2D eigenvalue weighted by Crippen LogP contribution is 2.28. The summed E-state index contributed by atoms with van der Waals surface area (Å²) in [6.45, 7) is 5.61. The molecule has 0 aliphatic heterocycles. The Kier molecular flexibility index (Phi) is 2.03. The minimum atomic E-state index is -1.26. The third kappa shape index (κ3) is 1.31. The van der Waals surface area contributed by atoms with Crippen LogP contribution in [0.25, 0.3) is 11.0 Å². The maximum absolute atomic E-state index is 10.8. The molecule has 0 atom stereocenters. The van der Waals surface area contributed by atoms with E-state index in [2.05, 4.69) is 0 Å². The first-order valence-electron chi connectivity index (χ1n) is 4.73. The number of aryl methyl sites for hydroxylation is 3. The number of hydrogen-bond donors (Lipinski definition) is 0. The fourth-order valence-corrected chi connectivity index (χ4v) is 1.71. The van der Waals surface area contributed by atoms with Crippen molar-refractivity contribution in [1.29, 1.82) is 0 Å². The van der Waals surface area contributed by atoms with Crippen LogP contribution >= 0.6 is 0 Å². The van der Waals surface area contributed by atoms with Gasteiger partial charge < -0.3 is 14.3 Å². The van der Waals surface area contributed by atoms with Crippen LogP contribution in [0.4, 0.5) is 0 Å². The molecule has 3 heteroatoms. The van der Waals surface area contributed by atoms with E-state index < -0.39 is 5.97 Å². The lowest BCUT2D eigenvalue weighted by molar-refractivity contribution is -0.257. The van der Waals surface area contributed by atoms with Crippen LogP contribution in [0.3, 0.4) is 0 Å². The van der Waals surface area contributed by atoms with Gasteiger partial charge in [0.1, 0.15) is 11.6 Å². The van der Waals surface area contributed by atoms with Gasteiger partial charge in [-0.05, 0) is 31.9 Å². The van der Waals surface area contributed by atoms with E-state index >= 15 is 0 Å². The van der Waals surface area contributed by atoms with Gasteiger partial charge in [0.15, 0.2) is 5.76 Å². The Morgan fingerprint density at radius 1 is 1.20 bits per heavy atom. The predicted octanol–water partition coefficient (Wildman–Crippen LogP) is 1.72. The molecule has 0 spiro atoms. The van der Waals surface area contributed by atoms with Crippen LogP contribution in [0.2, 0.25) is 0 Å². The van der Waals surface area contributed by atoms with Gasteiger partial charge in [0, 0.05) is 10.9 Å². The van der Waals surface area contributed by atoms with Crippen molar-refractivity contribution in [2.24, 2.45) is 0 Å². The Morgan fingerprint density at radius 3 is 2.47 bits per heavy atom. The summed E-state index contributed by atoms with van der Waals surface area (Å²) in [5.74, 6) is -1.33. The lowest BCUT2D eigenvalue weighted by Gasteiger charge is -1.99. The first kappa shape index (κ1) is 9.77. The lowest BCUT2D eigenvalue weighted by atomic mass is 10.1. The number of carboxylic acids is 1. The van der Waals surface area contributed by atoms with Crippen LogP contribution < -0.4 is 5.11 Å². The molecule has 78 valence electrons. The molecule has 0 saturated heterocycles. The summed E-state index contributed by atoms with van der Waals surface area (Å²) in [5.41, 5.74) is 3.34. The molecule has 0 fully saturated rings. The largest absolute Gasteiger partial charge is 0.542 e. The third-order valence-corrected chi connectivity index (χ3v) is 2.81. The number of rotatable bonds is 1. The van der Waals surface area contributed by atoms with E-state index in [0.717, 1.165) is 16.5 Å². The fraction of sp³-hybridized carbons (Fsp3) is 0.250. The molecular weight excluding hydrogens is 192 g/mol.